The Kier molecular flexibility index (Phi) is 4.39. The van der Waals surface area contributed by atoms with Crippen LogP contribution in [0.1, 0.15) is 51.1 Å². The summed E-state index contributed by atoms with van der Waals surface area (Å²) in [7, 11) is 3.34. The van der Waals surface area contributed by atoms with Crippen molar-refractivity contribution in [3.05, 3.63) is 29.7 Å². The summed E-state index contributed by atoms with van der Waals surface area (Å²) < 4.78 is 16.3. The van der Waals surface area contributed by atoms with Gasteiger partial charge in [-0.25, -0.2) is 0 Å². The predicted octanol–water partition coefficient (Wildman–Crippen LogP) is 3.73. The number of aromatic nitrogens is 2. The van der Waals surface area contributed by atoms with Crippen LogP contribution in [0.15, 0.2) is 22.7 Å². The van der Waals surface area contributed by atoms with Crippen molar-refractivity contribution in [2.75, 3.05) is 25.7 Å². The van der Waals surface area contributed by atoms with Gasteiger partial charge in [0.2, 0.25) is 5.89 Å². The first-order chi connectivity index (χ1) is 11.4. The molecule has 2 heterocycles. The molecule has 24 heavy (non-hydrogen) atoms. The minimum atomic E-state index is -0.154. The summed E-state index contributed by atoms with van der Waals surface area (Å²) in [5.74, 6) is 2.92. The van der Waals surface area contributed by atoms with E-state index in [4.69, 9.17) is 14.0 Å². The van der Waals surface area contributed by atoms with Gasteiger partial charge in [0.05, 0.1) is 20.3 Å². The van der Waals surface area contributed by atoms with Crippen LogP contribution in [0.2, 0.25) is 0 Å². The molecule has 1 saturated heterocycles. The molecular formula is C18H25N3O3. The Bertz CT molecular complexity index is 706. The van der Waals surface area contributed by atoms with E-state index in [2.05, 4.69) is 41.9 Å². The topological polar surface area (TPSA) is 60.6 Å². The smallest absolute Gasteiger partial charge is 0.266 e. The number of hydrogen-bond donors (Lipinski definition) is 0. The molecule has 0 aliphatic carbocycles. The van der Waals surface area contributed by atoms with Crippen molar-refractivity contribution in [3.63, 3.8) is 0 Å². The predicted molar refractivity (Wildman–Crippen MR) is 91.9 cm³/mol. The van der Waals surface area contributed by atoms with Crippen molar-refractivity contribution in [2.45, 2.75) is 45.1 Å². The molecule has 0 saturated carbocycles. The van der Waals surface area contributed by atoms with Crippen LogP contribution >= 0.6 is 0 Å². The number of methoxy groups -OCH3 is 2. The van der Waals surface area contributed by atoms with Crippen molar-refractivity contribution >= 4 is 5.95 Å². The summed E-state index contributed by atoms with van der Waals surface area (Å²) in [6.07, 6.45) is 2.11. The number of rotatable bonds is 4. The minimum absolute atomic E-state index is 0.154. The molecule has 0 radical (unpaired) electrons. The van der Waals surface area contributed by atoms with E-state index in [1.54, 1.807) is 14.2 Å². The van der Waals surface area contributed by atoms with Gasteiger partial charge < -0.3 is 18.9 Å². The van der Waals surface area contributed by atoms with Crippen LogP contribution < -0.4 is 14.4 Å². The lowest BCUT2D eigenvalue weighted by molar-refractivity contribution is 0.320. The third-order valence-electron chi connectivity index (χ3n) is 4.37. The van der Waals surface area contributed by atoms with Crippen LogP contribution in [-0.2, 0) is 5.41 Å². The fourth-order valence-electron chi connectivity index (χ4n) is 3.06. The monoisotopic (exact) mass is 331 g/mol. The van der Waals surface area contributed by atoms with Gasteiger partial charge in [-0.3, -0.25) is 0 Å². The molecule has 1 fully saturated rings. The van der Waals surface area contributed by atoms with Gasteiger partial charge in [0.15, 0.2) is 0 Å². The van der Waals surface area contributed by atoms with Gasteiger partial charge in [0.1, 0.15) is 11.5 Å². The van der Waals surface area contributed by atoms with E-state index < -0.39 is 0 Å². The van der Waals surface area contributed by atoms with Gasteiger partial charge in [0, 0.05) is 23.6 Å². The van der Waals surface area contributed by atoms with Crippen LogP contribution in [0.25, 0.3) is 0 Å². The Morgan fingerprint density at radius 1 is 1.21 bits per heavy atom. The molecule has 6 heteroatoms. The lowest BCUT2D eigenvalue weighted by atomic mass is 9.97. The Labute approximate surface area is 142 Å². The van der Waals surface area contributed by atoms with E-state index >= 15 is 0 Å². The van der Waals surface area contributed by atoms with Gasteiger partial charge in [-0.15, -0.1) is 0 Å². The molecule has 1 aliphatic rings. The van der Waals surface area contributed by atoms with E-state index in [1.165, 1.54) is 0 Å². The summed E-state index contributed by atoms with van der Waals surface area (Å²) in [6.45, 7) is 7.11. The van der Waals surface area contributed by atoms with Gasteiger partial charge in [-0.05, 0) is 30.1 Å². The molecule has 1 aromatic carbocycles. The highest BCUT2D eigenvalue weighted by Crippen LogP contribution is 2.40. The molecule has 1 unspecified atom stereocenters. The summed E-state index contributed by atoms with van der Waals surface area (Å²) in [5.41, 5.74) is 0.969. The molecule has 0 amide bonds. The molecule has 0 N–H and O–H groups in total. The largest absolute Gasteiger partial charge is 0.497 e. The molecule has 3 rings (SSSR count). The minimum Gasteiger partial charge on any atom is -0.497 e. The average molecular weight is 331 g/mol. The third-order valence-corrected chi connectivity index (χ3v) is 4.37. The van der Waals surface area contributed by atoms with Crippen LogP contribution in [0.5, 0.6) is 11.5 Å². The van der Waals surface area contributed by atoms with Crippen LogP contribution in [-0.4, -0.2) is 30.9 Å². The van der Waals surface area contributed by atoms with Crippen molar-refractivity contribution < 1.29 is 14.0 Å². The molecule has 0 bridgehead atoms. The fourth-order valence-corrected chi connectivity index (χ4v) is 3.06. The zero-order valence-corrected chi connectivity index (χ0v) is 15.0. The number of ether oxygens (including phenoxy) is 2. The second kappa shape index (κ2) is 6.34. The molecule has 1 atom stereocenters. The molecule has 0 spiro atoms. The number of anilines is 1. The molecule has 1 aliphatic heterocycles. The third kappa shape index (κ3) is 3.05. The highest BCUT2D eigenvalue weighted by molar-refractivity contribution is 5.47. The zero-order valence-electron chi connectivity index (χ0n) is 15.0. The van der Waals surface area contributed by atoms with E-state index in [0.29, 0.717) is 11.8 Å². The van der Waals surface area contributed by atoms with Crippen LogP contribution in [0, 0.1) is 0 Å². The highest BCUT2D eigenvalue weighted by atomic mass is 16.5. The van der Waals surface area contributed by atoms with Crippen molar-refractivity contribution in [3.8, 4) is 11.5 Å². The summed E-state index contributed by atoms with van der Waals surface area (Å²) in [5, 5.41) is 4.20. The first kappa shape index (κ1) is 16.6. The average Bonchev–Trinajstić information content (AvgIpc) is 3.22. The van der Waals surface area contributed by atoms with Gasteiger partial charge in [-0.2, -0.15) is 4.98 Å². The van der Waals surface area contributed by atoms with Crippen molar-refractivity contribution in [1.82, 2.24) is 10.1 Å². The molecule has 6 nitrogen and oxygen atoms in total. The highest BCUT2D eigenvalue weighted by Gasteiger charge is 2.33. The van der Waals surface area contributed by atoms with Gasteiger partial charge in [-0.1, -0.05) is 20.8 Å². The lowest BCUT2D eigenvalue weighted by Crippen LogP contribution is -2.24. The van der Waals surface area contributed by atoms with E-state index in [1.807, 2.05) is 12.1 Å². The first-order valence-corrected chi connectivity index (χ1v) is 8.27. The number of benzene rings is 1. The number of nitrogens with zero attached hydrogens (tertiary/aromatic N) is 3. The summed E-state index contributed by atoms with van der Waals surface area (Å²) in [4.78, 5) is 6.81. The normalized spacial score (nSPS) is 18.0. The Morgan fingerprint density at radius 2 is 2.00 bits per heavy atom. The van der Waals surface area contributed by atoms with E-state index in [0.717, 1.165) is 36.4 Å². The molecular weight excluding hydrogens is 306 g/mol. The molecule has 130 valence electrons. The number of hydrogen-bond acceptors (Lipinski definition) is 6. The maximum atomic E-state index is 5.57. The Morgan fingerprint density at radius 3 is 2.62 bits per heavy atom. The maximum absolute atomic E-state index is 5.57. The molecule has 2 aromatic rings. The maximum Gasteiger partial charge on any atom is 0.266 e. The van der Waals surface area contributed by atoms with Crippen LogP contribution in [0.3, 0.4) is 0 Å². The van der Waals surface area contributed by atoms with Crippen molar-refractivity contribution in [1.29, 1.82) is 0 Å². The SMILES string of the molecule is COc1ccc(C2CCCN2c2noc(C(C)(C)C)n2)c(OC)c1. The summed E-state index contributed by atoms with van der Waals surface area (Å²) >= 11 is 0. The van der Waals surface area contributed by atoms with Crippen molar-refractivity contribution in [2.24, 2.45) is 0 Å². The lowest BCUT2D eigenvalue weighted by Gasteiger charge is -2.25. The van der Waals surface area contributed by atoms with E-state index in [9.17, 15) is 0 Å². The second-order valence-electron chi connectivity index (χ2n) is 7.11. The first-order valence-electron chi connectivity index (χ1n) is 8.27. The summed E-state index contributed by atoms with van der Waals surface area (Å²) in [6, 6.07) is 6.12. The Balaban J connectivity index is 1.92. The van der Waals surface area contributed by atoms with Gasteiger partial charge in [0.25, 0.3) is 5.95 Å². The fraction of sp³-hybridized carbons (Fsp3) is 0.556. The van der Waals surface area contributed by atoms with E-state index in [-0.39, 0.29) is 11.5 Å². The quantitative estimate of drug-likeness (QED) is 0.851. The van der Waals surface area contributed by atoms with Crippen LogP contribution in [0.4, 0.5) is 5.95 Å². The zero-order chi connectivity index (χ0) is 17.3. The molecule has 1 aromatic heterocycles. The second-order valence-corrected chi connectivity index (χ2v) is 7.11. The standard InChI is InChI=1S/C18H25N3O3/c1-18(2,3)16-19-17(20-24-16)21-10-6-7-14(21)13-9-8-12(22-4)11-15(13)23-5/h8-9,11,14H,6-7,10H2,1-5H3. The van der Waals surface area contributed by atoms with Gasteiger partial charge >= 0.3 is 0 Å². The Hall–Kier alpha value is -2.24.